The highest BCUT2D eigenvalue weighted by Gasteiger charge is 2.33. The zero-order valence-electron chi connectivity index (χ0n) is 12.0. The highest BCUT2D eigenvalue weighted by molar-refractivity contribution is 5.69. The molecule has 106 valence electrons. The Morgan fingerprint density at radius 2 is 2.17 bits per heavy atom. The van der Waals surface area contributed by atoms with Gasteiger partial charge in [0, 0.05) is 19.1 Å². The molecule has 1 unspecified atom stereocenters. The predicted octanol–water partition coefficient (Wildman–Crippen LogP) is 2.27. The third-order valence-corrected chi connectivity index (χ3v) is 4.00. The third kappa shape index (κ3) is 4.58. The molecule has 4 nitrogen and oxygen atoms in total. The fourth-order valence-corrected chi connectivity index (χ4v) is 2.59. The Hall–Kier alpha value is -0.610. The molecule has 1 fully saturated rings. The monoisotopic (exact) mass is 257 g/mol. The summed E-state index contributed by atoms with van der Waals surface area (Å²) in [4.78, 5) is 11.0. The van der Waals surface area contributed by atoms with Crippen molar-refractivity contribution in [3.63, 3.8) is 0 Å². The Labute approximate surface area is 110 Å². The molecule has 18 heavy (non-hydrogen) atoms. The number of methoxy groups -OCH3 is 1. The number of hydrogen-bond donors (Lipinski definition) is 1. The van der Waals surface area contributed by atoms with Crippen molar-refractivity contribution in [1.29, 1.82) is 0 Å². The minimum Gasteiger partial charge on any atom is -0.469 e. The second-order valence-corrected chi connectivity index (χ2v) is 5.06. The van der Waals surface area contributed by atoms with Crippen molar-refractivity contribution in [3.05, 3.63) is 0 Å². The van der Waals surface area contributed by atoms with E-state index in [-0.39, 0.29) is 11.6 Å². The molecular weight excluding hydrogens is 230 g/mol. The van der Waals surface area contributed by atoms with Crippen LogP contribution in [0.4, 0.5) is 0 Å². The maximum Gasteiger partial charge on any atom is 0.305 e. The van der Waals surface area contributed by atoms with Crippen LogP contribution in [-0.4, -0.2) is 37.9 Å². The van der Waals surface area contributed by atoms with Gasteiger partial charge in [-0.05, 0) is 38.6 Å². The summed E-state index contributed by atoms with van der Waals surface area (Å²) in [5.41, 5.74) is 0.0677. The lowest BCUT2D eigenvalue weighted by atomic mass is 9.86. The summed E-state index contributed by atoms with van der Waals surface area (Å²) < 4.78 is 10.6. The van der Waals surface area contributed by atoms with E-state index in [1.807, 2.05) is 0 Å². The van der Waals surface area contributed by atoms with Crippen molar-refractivity contribution < 1.29 is 14.3 Å². The van der Waals surface area contributed by atoms with Gasteiger partial charge in [-0.25, -0.2) is 0 Å². The molecule has 0 radical (unpaired) electrons. The highest BCUT2D eigenvalue weighted by Crippen LogP contribution is 2.31. The molecule has 0 aromatic rings. The summed E-state index contributed by atoms with van der Waals surface area (Å²) in [6.45, 7) is 6.12. The van der Waals surface area contributed by atoms with Gasteiger partial charge in [0.1, 0.15) is 0 Å². The van der Waals surface area contributed by atoms with Crippen LogP contribution < -0.4 is 5.32 Å². The van der Waals surface area contributed by atoms with E-state index >= 15 is 0 Å². The van der Waals surface area contributed by atoms with E-state index in [0.717, 1.165) is 45.3 Å². The van der Waals surface area contributed by atoms with Gasteiger partial charge in [-0.1, -0.05) is 13.8 Å². The van der Waals surface area contributed by atoms with E-state index in [1.165, 1.54) is 7.11 Å². The summed E-state index contributed by atoms with van der Waals surface area (Å²) >= 11 is 0. The van der Waals surface area contributed by atoms with Crippen molar-refractivity contribution in [2.24, 2.45) is 0 Å². The molecular formula is C14H27NO3. The molecule has 4 heteroatoms. The van der Waals surface area contributed by atoms with Crippen molar-refractivity contribution in [2.45, 2.75) is 64.0 Å². The quantitative estimate of drug-likeness (QED) is 0.561. The molecule has 0 aromatic carbocycles. The lowest BCUT2D eigenvalue weighted by Crippen LogP contribution is -2.46. The molecule has 0 bridgehead atoms. The van der Waals surface area contributed by atoms with Crippen LogP contribution in [0.3, 0.4) is 0 Å². The van der Waals surface area contributed by atoms with Crippen molar-refractivity contribution in [2.75, 3.05) is 20.3 Å². The normalized spacial score (nSPS) is 22.7. The van der Waals surface area contributed by atoms with E-state index in [9.17, 15) is 4.79 Å². The van der Waals surface area contributed by atoms with Gasteiger partial charge in [-0.15, -0.1) is 0 Å². The highest BCUT2D eigenvalue weighted by atomic mass is 16.5. The van der Waals surface area contributed by atoms with Gasteiger partial charge in [0.15, 0.2) is 0 Å². The summed E-state index contributed by atoms with van der Waals surface area (Å²) in [7, 11) is 1.44. The van der Waals surface area contributed by atoms with Gasteiger partial charge in [-0.2, -0.15) is 0 Å². The van der Waals surface area contributed by atoms with Gasteiger partial charge in [-0.3, -0.25) is 4.79 Å². The van der Waals surface area contributed by atoms with Crippen molar-refractivity contribution in [3.8, 4) is 0 Å². The standard InChI is InChI=1S/C14H27NO3/c1-4-14(5-2)11-12(8-10-18-14)15-9-6-7-13(16)17-3/h12,15H,4-11H2,1-3H3. The molecule has 0 aromatic heterocycles. The summed E-state index contributed by atoms with van der Waals surface area (Å²) in [5.74, 6) is -0.125. The van der Waals surface area contributed by atoms with E-state index in [2.05, 4.69) is 23.9 Å². The van der Waals surface area contributed by atoms with Crippen LogP contribution in [0.25, 0.3) is 0 Å². The zero-order valence-corrected chi connectivity index (χ0v) is 12.0. The molecule has 0 saturated carbocycles. The number of rotatable bonds is 7. The maximum atomic E-state index is 11.0. The minimum absolute atomic E-state index is 0.0677. The van der Waals surface area contributed by atoms with Crippen LogP contribution in [0.15, 0.2) is 0 Å². The second kappa shape index (κ2) is 7.74. The molecule has 1 rings (SSSR count). The first kappa shape index (κ1) is 15.4. The first-order chi connectivity index (χ1) is 8.65. The second-order valence-electron chi connectivity index (χ2n) is 5.06. The fraction of sp³-hybridized carbons (Fsp3) is 0.929. The van der Waals surface area contributed by atoms with Crippen molar-refractivity contribution in [1.82, 2.24) is 5.32 Å². The molecule has 0 amide bonds. The molecule has 1 heterocycles. The Kier molecular flexibility index (Phi) is 6.65. The Morgan fingerprint density at radius 1 is 1.44 bits per heavy atom. The summed E-state index contributed by atoms with van der Waals surface area (Å²) in [5, 5.41) is 3.54. The van der Waals surface area contributed by atoms with E-state index < -0.39 is 0 Å². The number of carbonyl (C=O) groups excluding carboxylic acids is 1. The van der Waals surface area contributed by atoms with Gasteiger partial charge < -0.3 is 14.8 Å². The minimum atomic E-state index is -0.125. The molecule has 1 N–H and O–H groups in total. The number of esters is 1. The summed E-state index contributed by atoms with van der Waals surface area (Å²) in [6.07, 6.45) is 5.64. The number of nitrogens with one attached hydrogen (secondary N) is 1. The number of hydrogen-bond acceptors (Lipinski definition) is 4. The van der Waals surface area contributed by atoms with Crippen molar-refractivity contribution >= 4 is 5.97 Å². The van der Waals surface area contributed by atoms with Crippen LogP contribution >= 0.6 is 0 Å². The third-order valence-electron chi connectivity index (χ3n) is 4.00. The maximum absolute atomic E-state index is 11.0. The van der Waals surface area contributed by atoms with Crippen LogP contribution in [-0.2, 0) is 14.3 Å². The molecule has 0 aliphatic carbocycles. The predicted molar refractivity (Wildman–Crippen MR) is 71.5 cm³/mol. The number of ether oxygens (including phenoxy) is 2. The molecule has 1 saturated heterocycles. The Morgan fingerprint density at radius 3 is 2.78 bits per heavy atom. The largest absolute Gasteiger partial charge is 0.469 e. The lowest BCUT2D eigenvalue weighted by Gasteiger charge is -2.40. The lowest BCUT2D eigenvalue weighted by molar-refractivity contribution is -0.140. The van der Waals surface area contributed by atoms with Gasteiger partial charge in [0.05, 0.1) is 12.7 Å². The topological polar surface area (TPSA) is 47.6 Å². The van der Waals surface area contributed by atoms with Crippen LogP contribution in [0.5, 0.6) is 0 Å². The summed E-state index contributed by atoms with van der Waals surface area (Å²) in [6, 6.07) is 0.524. The smallest absolute Gasteiger partial charge is 0.305 e. The van der Waals surface area contributed by atoms with E-state index in [1.54, 1.807) is 0 Å². The average molecular weight is 257 g/mol. The zero-order chi connectivity index (χ0) is 13.4. The van der Waals surface area contributed by atoms with Crippen LogP contribution in [0, 0.1) is 0 Å². The van der Waals surface area contributed by atoms with Crippen LogP contribution in [0.1, 0.15) is 52.4 Å². The van der Waals surface area contributed by atoms with Gasteiger partial charge in [0.2, 0.25) is 0 Å². The SMILES string of the molecule is CCC1(CC)CC(NCCCC(=O)OC)CCO1. The Bertz CT molecular complexity index is 251. The van der Waals surface area contributed by atoms with E-state index in [0.29, 0.717) is 12.5 Å². The average Bonchev–Trinajstić information content (AvgIpc) is 2.43. The Balaban J connectivity index is 2.24. The fourth-order valence-electron chi connectivity index (χ4n) is 2.59. The van der Waals surface area contributed by atoms with Gasteiger partial charge >= 0.3 is 5.97 Å². The molecule has 1 aliphatic rings. The van der Waals surface area contributed by atoms with E-state index in [4.69, 9.17) is 4.74 Å². The molecule has 1 atom stereocenters. The molecule has 0 spiro atoms. The molecule has 1 aliphatic heterocycles. The number of carbonyl (C=O) groups is 1. The first-order valence-corrected chi connectivity index (χ1v) is 7.10. The van der Waals surface area contributed by atoms with Gasteiger partial charge in [0.25, 0.3) is 0 Å². The van der Waals surface area contributed by atoms with Crippen LogP contribution in [0.2, 0.25) is 0 Å². The first-order valence-electron chi connectivity index (χ1n) is 7.10.